The molecule has 1 fully saturated rings. The first-order chi connectivity index (χ1) is 9.47. The van der Waals surface area contributed by atoms with Gasteiger partial charge in [0.15, 0.2) is 0 Å². The summed E-state index contributed by atoms with van der Waals surface area (Å²) in [6, 6.07) is 8.24. The van der Waals surface area contributed by atoms with Crippen LogP contribution in [0.2, 0.25) is 0 Å². The van der Waals surface area contributed by atoms with E-state index >= 15 is 0 Å². The number of thioether (sulfide) groups is 1. The Balaban J connectivity index is 0.00000220. The van der Waals surface area contributed by atoms with Crippen molar-refractivity contribution in [2.45, 2.75) is 31.2 Å². The van der Waals surface area contributed by atoms with Crippen molar-refractivity contribution >= 4 is 23.6 Å². The van der Waals surface area contributed by atoms with Crippen LogP contribution in [0.5, 0.6) is 0 Å². The van der Waals surface area contributed by atoms with Crippen molar-refractivity contribution < 1.29 is 44.3 Å². The minimum Gasteiger partial charge on any atom is -0.550 e. The van der Waals surface area contributed by atoms with Crippen LogP contribution in [0.3, 0.4) is 0 Å². The van der Waals surface area contributed by atoms with Crippen molar-refractivity contribution in [3.05, 3.63) is 29.8 Å². The Kier molecular flexibility index (Phi) is 7.27. The zero-order valence-electron chi connectivity index (χ0n) is 12.6. The van der Waals surface area contributed by atoms with E-state index in [1.165, 1.54) is 5.56 Å². The smallest absolute Gasteiger partial charge is 0.550 e. The molecule has 1 aromatic carbocycles. The number of hydrogen-bond donors (Lipinski definition) is 1. The fourth-order valence-corrected chi connectivity index (χ4v) is 2.85. The van der Waals surface area contributed by atoms with E-state index in [4.69, 9.17) is 0 Å². The predicted octanol–water partition coefficient (Wildman–Crippen LogP) is -2.02. The van der Waals surface area contributed by atoms with Gasteiger partial charge in [0.05, 0.1) is 0 Å². The number of hydrogen-bond acceptors (Lipinski definition) is 4. The minimum absolute atomic E-state index is 0. The molecule has 1 amide bonds. The van der Waals surface area contributed by atoms with E-state index in [9.17, 15) is 14.7 Å². The van der Waals surface area contributed by atoms with Gasteiger partial charge in [-0.05, 0) is 32.4 Å². The van der Waals surface area contributed by atoms with Crippen LogP contribution in [0.4, 0.5) is 0 Å². The average Bonchev–Trinajstić information content (AvgIpc) is 3.18. The van der Waals surface area contributed by atoms with Gasteiger partial charge < -0.3 is 15.2 Å². The van der Waals surface area contributed by atoms with E-state index in [0.29, 0.717) is 6.42 Å². The van der Waals surface area contributed by atoms with Crippen LogP contribution in [0.15, 0.2) is 29.2 Å². The van der Waals surface area contributed by atoms with E-state index in [1.54, 1.807) is 11.8 Å². The molecule has 108 valence electrons. The Morgan fingerprint density at radius 1 is 1.33 bits per heavy atom. The van der Waals surface area contributed by atoms with Gasteiger partial charge in [-0.3, -0.25) is 4.79 Å². The average molecular weight is 315 g/mol. The standard InChI is InChI=1S/C15H19NO3S.Na/c1-9-3-5-11(6-4-9)20-8-10(2)16-14(17)12-7-13(12)15(18)19;/h3-6,10,12-13H,7-8H2,1-2H3,(H,16,17)(H,18,19);/q;+1/p-1/t10?,12-,13+;/m1./s1. The molecule has 0 spiro atoms. The Hall–Kier alpha value is -0.490. The molecule has 2 rings (SSSR count). The Morgan fingerprint density at radius 3 is 2.48 bits per heavy atom. The molecule has 1 saturated carbocycles. The Morgan fingerprint density at radius 2 is 1.95 bits per heavy atom. The summed E-state index contributed by atoms with van der Waals surface area (Å²) in [6.45, 7) is 3.97. The Bertz CT molecular complexity index is 506. The monoisotopic (exact) mass is 315 g/mol. The number of carboxylic acids is 1. The second-order valence-corrected chi connectivity index (χ2v) is 6.39. The third-order valence-electron chi connectivity index (χ3n) is 3.34. The first-order valence-electron chi connectivity index (χ1n) is 6.68. The molecule has 0 bridgehead atoms. The first kappa shape index (κ1) is 18.6. The zero-order valence-corrected chi connectivity index (χ0v) is 15.4. The van der Waals surface area contributed by atoms with Crippen LogP contribution in [0, 0.1) is 18.8 Å². The summed E-state index contributed by atoms with van der Waals surface area (Å²) in [4.78, 5) is 23.5. The summed E-state index contributed by atoms with van der Waals surface area (Å²) in [7, 11) is 0. The molecule has 0 radical (unpaired) electrons. The van der Waals surface area contributed by atoms with Gasteiger partial charge in [0.25, 0.3) is 0 Å². The van der Waals surface area contributed by atoms with Crippen LogP contribution < -0.4 is 40.0 Å². The van der Waals surface area contributed by atoms with Crippen LogP contribution in [-0.2, 0) is 9.59 Å². The first-order valence-corrected chi connectivity index (χ1v) is 7.66. The van der Waals surface area contributed by atoms with Crippen LogP contribution in [0.25, 0.3) is 0 Å². The number of nitrogens with one attached hydrogen (secondary N) is 1. The number of carbonyl (C=O) groups excluding carboxylic acids is 2. The van der Waals surface area contributed by atoms with Gasteiger partial charge in [0.2, 0.25) is 5.91 Å². The number of amides is 1. The second kappa shape index (κ2) is 8.22. The number of aliphatic carboxylic acids is 1. The molecule has 1 N–H and O–H groups in total. The van der Waals surface area contributed by atoms with Gasteiger partial charge in [-0.2, -0.15) is 0 Å². The summed E-state index contributed by atoms with van der Waals surface area (Å²) in [5, 5.41) is 13.5. The molecule has 0 aromatic heterocycles. The van der Waals surface area contributed by atoms with Crippen molar-refractivity contribution in [1.29, 1.82) is 0 Å². The van der Waals surface area contributed by atoms with Crippen LogP contribution in [-0.4, -0.2) is 23.7 Å². The fourth-order valence-electron chi connectivity index (χ4n) is 1.99. The van der Waals surface area contributed by atoms with Crippen molar-refractivity contribution in [3.8, 4) is 0 Å². The summed E-state index contributed by atoms with van der Waals surface area (Å²) in [5.74, 6) is -1.51. The third kappa shape index (κ3) is 5.66. The van der Waals surface area contributed by atoms with E-state index in [1.807, 2.05) is 13.8 Å². The minimum atomic E-state index is -1.12. The Labute approximate surface area is 151 Å². The molecule has 1 unspecified atom stereocenters. The summed E-state index contributed by atoms with van der Waals surface area (Å²) in [6.07, 6.45) is 0.409. The molecule has 1 aromatic rings. The normalized spacial score (nSPS) is 21.0. The molecule has 3 atom stereocenters. The number of carbonyl (C=O) groups is 2. The van der Waals surface area contributed by atoms with E-state index in [0.717, 1.165) is 10.6 Å². The van der Waals surface area contributed by atoms with Gasteiger partial charge in [-0.25, -0.2) is 0 Å². The fraction of sp³-hybridized carbons (Fsp3) is 0.467. The molecule has 0 saturated heterocycles. The largest absolute Gasteiger partial charge is 1.00 e. The zero-order chi connectivity index (χ0) is 14.7. The maximum Gasteiger partial charge on any atom is 1.00 e. The molecule has 4 nitrogen and oxygen atoms in total. The van der Waals surface area contributed by atoms with Crippen LogP contribution in [0.1, 0.15) is 18.9 Å². The molecule has 21 heavy (non-hydrogen) atoms. The van der Waals surface area contributed by atoms with Gasteiger partial charge in [-0.15, -0.1) is 11.8 Å². The molecular formula is C15H18NNaO3S. The molecule has 0 heterocycles. The molecular weight excluding hydrogens is 297 g/mol. The number of aryl methyl sites for hydroxylation is 1. The van der Waals surface area contributed by atoms with Crippen molar-refractivity contribution in [1.82, 2.24) is 5.32 Å². The van der Waals surface area contributed by atoms with Gasteiger partial charge in [0, 0.05) is 34.5 Å². The molecule has 1 aliphatic rings. The predicted molar refractivity (Wildman–Crippen MR) is 76.1 cm³/mol. The maximum absolute atomic E-state index is 11.8. The quantitative estimate of drug-likeness (QED) is 0.486. The van der Waals surface area contributed by atoms with Crippen LogP contribution >= 0.6 is 11.8 Å². The summed E-state index contributed by atoms with van der Waals surface area (Å²) in [5.41, 5.74) is 1.22. The molecule has 6 heteroatoms. The number of rotatable bonds is 6. The maximum atomic E-state index is 11.8. The van der Waals surface area contributed by atoms with E-state index in [-0.39, 0.29) is 41.5 Å². The van der Waals surface area contributed by atoms with Crippen molar-refractivity contribution in [3.63, 3.8) is 0 Å². The number of carboxylic acid groups (broad SMARTS) is 1. The topological polar surface area (TPSA) is 69.2 Å². The van der Waals surface area contributed by atoms with Gasteiger partial charge in [-0.1, -0.05) is 17.7 Å². The summed E-state index contributed by atoms with van der Waals surface area (Å²) < 4.78 is 0. The third-order valence-corrected chi connectivity index (χ3v) is 4.61. The van der Waals surface area contributed by atoms with E-state index < -0.39 is 17.8 Å². The molecule has 0 aliphatic heterocycles. The van der Waals surface area contributed by atoms with Crippen molar-refractivity contribution in [2.24, 2.45) is 11.8 Å². The second-order valence-electron chi connectivity index (χ2n) is 5.30. The van der Waals surface area contributed by atoms with Gasteiger partial charge >= 0.3 is 29.6 Å². The summed E-state index contributed by atoms with van der Waals surface area (Å²) >= 11 is 1.68. The van der Waals surface area contributed by atoms with E-state index in [2.05, 4.69) is 29.6 Å². The molecule has 1 aliphatic carbocycles. The van der Waals surface area contributed by atoms with Gasteiger partial charge in [0.1, 0.15) is 0 Å². The number of benzene rings is 1. The van der Waals surface area contributed by atoms with Crippen molar-refractivity contribution in [2.75, 3.05) is 5.75 Å². The SMILES string of the molecule is Cc1ccc(SCC(C)NC(=O)[C@@H]2C[C@@H]2C(=O)[O-])cc1.[Na+].